The number of hydrogen-bond acceptors (Lipinski definition) is 5. The molecule has 0 radical (unpaired) electrons. The Morgan fingerprint density at radius 1 is 0.968 bits per heavy atom. The third kappa shape index (κ3) is 2.99. The third-order valence-electron chi connectivity index (χ3n) is 5.53. The molecule has 31 heavy (non-hydrogen) atoms. The van der Waals surface area contributed by atoms with Gasteiger partial charge in [0.15, 0.2) is 0 Å². The van der Waals surface area contributed by atoms with Crippen molar-refractivity contribution in [3.63, 3.8) is 0 Å². The highest BCUT2D eigenvalue weighted by atomic mass is 35.5. The molecule has 0 saturated carbocycles. The number of aromatic nitrogens is 4. The highest BCUT2D eigenvalue weighted by Crippen LogP contribution is 2.51. The Morgan fingerprint density at radius 2 is 1.84 bits per heavy atom. The average molecular weight is 448 g/mol. The van der Waals surface area contributed by atoms with Crippen LogP contribution in [0.4, 0.5) is 5.95 Å². The molecule has 0 saturated heterocycles. The molecule has 0 spiro atoms. The van der Waals surface area contributed by atoms with Crippen LogP contribution in [0.2, 0.25) is 10.0 Å². The molecule has 4 aromatic rings. The summed E-state index contributed by atoms with van der Waals surface area (Å²) in [5.41, 5.74) is 4.69. The monoisotopic (exact) mass is 447 g/mol. The van der Waals surface area contributed by atoms with Gasteiger partial charge >= 0.3 is 0 Å². The van der Waals surface area contributed by atoms with Gasteiger partial charge in [-0.05, 0) is 47.5 Å². The predicted octanol–water partition coefficient (Wildman–Crippen LogP) is 5.54. The number of anilines is 1. The van der Waals surface area contributed by atoms with Crippen molar-refractivity contribution in [2.75, 3.05) is 5.32 Å². The van der Waals surface area contributed by atoms with Gasteiger partial charge in [0.05, 0.1) is 5.70 Å². The molecule has 6 nitrogen and oxygen atoms in total. The van der Waals surface area contributed by atoms with Gasteiger partial charge in [-0.2, -0.15) is 10.1 Å². The number of halogens is 2. The number of benzene rings is 2. The Kier molecular flexibility index (Phi) is 4.23. The summed E-state index contributed by atoms with van der Waals surface area (Å²) < 4.78 is 8.40. The number of nitrogens with zero attached hydrogens (tertiary/aromatic N) is 4. The predicted molar refractivity (Wildman–Crippen MR) is 119 cm³/mol. The van der Waals surface area contributed by atoms with Crippen LogP contribution in [0.5, 0.6) is 5.75 Å². The number of fused-ring (bicyclic) bond motifs is 3. The average Bonchev–Trinajstić information content (AvgIpc) is 3.26. The maximum absolute atomic E-state index is 6.54. The number of rotatable bonds is 2. The fourth-order valence-corrected chi connectivity index (χ4v) is 4.62. The van der Waals surface area contributed by atoms with Crippen molar-refractivity contribution in [2.45, 2.75) is 12.1 Å². The Hall–Kier alpha value is -3.35. The van der Waals surface area contributed by atoms with Crippen LogP contribution in [0, 0.1) is 0 Å². The van der Waals surface area contributed by atoms with E-state index in [0.29, 0.717) is 16.0 Å². The second kappa shape index (κ2) is 7.11. The molecule has 6 rings (SSSR count). The Balaban J connectivity index is 1.65. The van der Waals surface area contributed by atoms with Crippen LogP contribution in [0.15, 0.2) is 78.9 Å². The quantitative estimate of drug-likeness (QED) is 0.436. The lowest BCUT2D eigenvalue weighted by atomic mass is 9.85. The Bertz CT molecular complexity index is 1330. The van der Waals surface area contributed by atoms with E-state index in [1.54, 1.807) is 6.20 Å². The second-order valence-corrected chi connectivity index (χ2v) is 8.24. The summed E-state index contributed by atoms with van der Waals surface area (Å²) in [6.45, 7) is 0. The minimum absolute atomic E-state index is 0.265. The summed E-state index contributed by atoms with van der Waals surface area (Å²) in [5, 5.41) is 9.23. The van der Waals surface area contributed by atoms with Crippen LogP contribution in [0.25, 0.3) is 5.70 Å². The zero-order valence-electron chi connectivity index (χ0n) is 16.0. The minimum atomic E-state index is -0.391. The molecule has 1 N–H and O–H groups in total. The van der Waals surface area contributed by atoms with E-state index in [1.165, 1.54) is 6.33 Å². The van der Waals surface area contributed by atoms with E-state index in [0.717, 1.165) is 33.7 Å². The zero-order chi connectivity index (χ0) is 20.9. The van der Waals surface area contributed by atoms with Crippen LogP contribution >= 0.6 is 23.2 Å². The smallest absolute Gasteiger partial charge is 0.226 e. The summed E-state index contributed by atoms with van der Waals surface area (Å²) in [7, 11) is 0. The normalized spacial score (nSPS) is 19.0. The molecule has 2 aliphatic heterocycles. The molecule has 0 amide bonds. The fraction of sp³-hybridized carbons (Fsp3) is 0.0870. The number of nitrogens with one attached hydrogen (secondary N) is 1. The van der Waals surface area contributed by atoms with Crippen molar-refractivity contribution >= 4 is 34.8 Å². The van der Waals surface area contributed by atoms with Crippen molar-refractivity contribution in [1.29, 1.82) is 0 Å². The maximum atomic E-state index is 6.54. The molecule has 152 valence electrons. The molecular weight excluding hydrogens is 433 g/mol. The molecule has 0 bridgehead atoms. The molecular formula is C23H15Cl2N5O. The van der Waals surface area contributed by atoms with Gasteiger partial charge in [-0.15, -0.1) is 0 Å². The molecule has 8 heteroatoms. The summed E-state index contributed by atoms with van der Waals surface area (Å²) in [5.74, 6) is 1.38. The fourth-order valence-electron chi connectivity index (χ4n) is 4.24. The summed E-state index contributed by atoms with van der Waals surface area (Å²) in [6.07, 6.45) is 4.74. The molecule has 0 fully saturated rings. The number of ether oxygens (including phenoxy) is 1. The lowest BCUT2D eigenvalue weighted by Gasteiger charge is -2.38. The van der Waals surface area contributed by atoms with Gasteiger partial charge in [0.2, 0.25) is 5.95 Å². The van der Waals surface area contributed by atoms with Crippen LogP contribution < -0.4 is 10.1 Å². The van der Waals surface area contributed by atoms with E-state index in [1.807, 2.05) is 65.5 Å². The van der Waals surface area contributed by atoms with Gasteiger partial charge < -0.3 is 10.1 Å². The van der Waals surface area contributed by atoms with Gasteiger partial charge in [0.1, 0.15) is 24.2 Å². The SMILES string of the molecule is Clc1cccc([C@@H]2Oc3ccc(Cl)cc3C3=C2[C@@H](c2cccnc2)n2ncnc2N3)c1. The van der Waals surface area contributed by atoms with Crippen LogP contribution in [-0.4, -0.2) is 19.7 Å². The summed E-state index contributed by atoms with van der Waals surface area (Å²) >= 11 is 12.7. The van der Waals surface area contributed by atoms with E-state index in [2.05, 4.69) is 20.4 Å². The molecule has 0 unspecified atom stereocenters. The van der Waals surface area contributed by atoms with Crippen molar-refractivity contribution < 1.29 is 4.74 Å². The largest absolute Gasteiger partial charge is 0.480 e. The molecule has 2 atom stereocenters. The van der Waals surface area contributed by atoms with Crippen LogP contribution in [0.1, 0.15) is 28.8 Å². The van der Waals surface area contributed by atoms with Gasteiger partial charge in [0.25, 0.3) is 0 Å². The molecule has 0 aliphatic carbocycles. The van der Waals surface area contributed by atoms with Gasteiger partial charge in [0, 0.05) is 33.6 Å². The zero-order valence-corrected chi connectivity index (χ0v) is 17.5. The first-order chi connectivity index (χ1) is 15.2. The first kappa shape index (κ1) is 18.4. The second-order valence-electron chi connectivity index (χ2n) is 7.37. The van der Waals surface area contributed by atoms with Crippen LogP contribution in [-0.2, 0) is 0 Å². The van der Waals surface area contributed by atoms with Gasteiger partial charge in [-0.3, -0.25) is 4.98 Å². The molecule has 2 aromatic heterocycles. The maximum Gasteiger partial charge on any atom is 0.226 e. The van der Waals surface area contributed by atoms with Crippen LogP contribution in [0.3, 0.4) is 0 Å². The van der Waals surface area contributed by atoms with Gasteiger partial charge in [-0.25, -0.2) is 4.68 Å². The highest BCUT2D eigenvalue weighted by molar-refractivity contribution is 6.31. The first-order valence-electron chi connectivity index (χ1n) is 9.71. The minimum Gasteiger partial charge on any atom is -0.480 e. The third-order valence-corrected chi connectivity index (χ3v) is 6.00. The van der Waals surface area contributed by atoms with Crippen molar-refractivity contribution in [2.24, 2.45) is 0 Å². The number of hydrogen-bond donors (Lipinski definition) is 1. The summed E-state index contributed by atoms with van der Waals surface area (Å²) in [6, 6.07) is 17.0. The lowest BCUT2D eigenvalue weighted by Crippen LogP contribution is -2.32. The van der Waals surface area contributed by atoms with E-state index in [9.17, 15) is 0 Å². The van der Waals surface area contributed by atoms with Crippen molar-refractivity contribution in [3.8, 4) is 5.75 Å². The molecule has 2 aliphatic rings. The highest BCUT2D eigenvalue weighted by Gasteiger charge is 2.41. The lowest BCUT2D eigenvalue weighted by molar-refractivity contribution is 0.223. The molecule has 2 aromatic carbocycles. The van der Waals surface area contributed by atoms with E-state index in [4.69, 9.17) is 27.9 Å². The van der Waals surface area contributed by atoms with Crippen molar-refractivity contribution in [1.82, 2.24) is 19.7 Å². The Labute approximate surface area is 188 Å². The molecule has 4 heterocycles. The van der Waals surface area contributed by atoms with Gasteiger partial charge in [-0.1, -0.05) is 41.4 Å². The van der Waals surface area contributed by atoms with E-state index < -0.39 is 6.10 Å². The van der Waals surface area contributed by atoms with Crippen molar-refractivity contribution in [3.05, 3.63) is 106 Å². The number of pyridine rings is 1. The standard InChI is InChI=1S/C23H15Cl2N5O/c24-15-5-1-3-13(9-15)22-19-20(17-10-16(25)6-7-18(17)31-22)29-23-27-12-28-30(23)21(19)14-4-2-8-26-11-14/h1-12,21-22H,(H,27,28,29)/t21-,22+/m1/s1. The first-order valence-corrected chi connectivity index (χ1v) is 10.5. The van der Waals surface area contributed by atoms with E-state index >= 15 is 0 Å². The summed E-state index contributed by atoms with van der Waals surface area (Å²) in [4.78, 5) is 8.76. The Morgan fingerprint density at radius 3 is 2.68 bits per heavy atom. The van der Waals surface area contributed by atoms with E-state index in [-0.39, 0.29) is 6.04 Å². The topological polar surface area (TPSA) is 64.9 Å².